The Morgan fingerprint density at radius 3 is 2.62 bits per heavy atom. The van der Waals surface area contributed by atoms with Gasteiger partial charge in [-0.15, -0.1) is 0 Å². The molecule has 0 bridgehead atoms. The second-order valence-corrected chi connectivity index (χ2v) is 5.32. The number of nitrogens with one attached hydrogen (secondary N) is 1. The minimum absolute atomic E-state index is 0.285. The highest BCUT2D eigenvalue weighted by Gasteiger charge is 2.14. The van der Waals surface area contributed by atoms with Gasteiger partial charge in [0.2, 0.25) is 0 Å². The SMILES string of the molecule is CCNc1nc(C(C)C)nc(-c2cccc(OC)c2)c1C. The third-order valence-electron chi connectivity index (χ3n) is 3.37. The van der Waals surface area contributed by atoms with Gasteiger partial charge in [-0.05, 0) is 26.0 Å². The molecule has 0 saturated carbocycles. The summed E-state index contributed by atoms with van der Waals surface area (Å²) >= 11 is 0. The number of rotatable bonds is 5. The van der Waals surface area contributed by atoms with Crippen molar-refractivity contribution in [2.75, 3.05) is 19.0 Å². The molecule has 1 aromatic heterocycles. The quantitative estimate of drug-likeness (QED) is 0.901. The number of benzene rings is 1. The molecule has 1 N–H and O–H groups in total. The maximum absolute atomic E-state index is 5.31. The summed E-state index contributed by atoms with van der Waals surface area (Å²) in [7, 11) is 1.68. The number of methoxy groups -OCH3 is 1. The molecule has 21 heavy (non-hydrogen) atoms. The van der Waals surface area contributed by atoms with Crippen LogP contribution in [0.2, 0.25) is 0 Å². The Bertz CT molecular complexity index is 623. The van der Waals surface area contributed by atoms with Crippen molar-refractivity contribution in [2.45, 2.75) is 33.6 Å². The normalized spacial score (nSPS) is 10.8. The molecular formula is C17H23N3O. The summed E-state index contributed by atoms with van der Waals surface area (Å²) in [6, 6.07) is 7.99. The Kier molecular flexibility index (Phi) is 4.78. The van der Waals surface area contributed by atoms with Gasteiger partial charge in [0.25, 0.3) is 0 Å². The molecule has 1 aromatic carbocycles. The zero-order chi connectivity index (χ0) is 15.4. The predicted molar refractivity (Wildman–Crippen MR) is 87.0 cm³/mol. The molecule has 0 saturated heterocycles. The summed E-state index contributed by atoms with van der Waals surface area (Å²) in [5.41, 5.74) is 3.08. The number of anilines is 1. The summed E-state index contributed by atoms with van der Waals surface area (Å²) in [5.74, 6) is 2.89. The standard InChI is InChI=1S/C17H23N3O/c1-6-18-17-12(4)15(19-16(20-17)11(2)3)13-8-7-9-14(10-13)21-5/h7-11H,6H2,1-5H3,(H,18,19,20). The largest absolute Gasteiger partial charge is 0.497 e. The van der Waals surface area contributed by atoms with Crippen molar-refractivity contribution in [1.29, 1.82) is 0 Å². The van der Waals surface area contributed by atoms with Crippen molar-refractivity contribution in [1.82, 2.24) is 9.97 Å². The molecule has 0 aliphatic rings. The van der Waals surface area contributed by atoms with E-state index in [1.54, 1.807) is 7.11 Å². The highest BCUT2D eigenvalue weighted by atomic mass is 16.5. The van der Waals surface area contributed by atoms with Crippen LogP contribution in [0, 0.1) is 6.92 Å². The first kappa shape index (κ1) is 15.3. The fourth-order valence-electron chi connectivity index (χ4n) is 2.18. The van der Waals surface area contributed by atoms with Crippen molar-refractivity contribution < 1.29 is 4.74 Å². The van der Waals surface area contributed by atoms with Crippen molar-refractivity contribution in [3.63, 3.8) is 0 Å². The van der Waals surface area contributed by atoms with Gasteiger partial charge >= 0.3 is 0 Å². The van der Waals surface area contributed by atoms with Crippen LogP contribution < -0.4 is 10.1 Å². The zero-order valence-electron chi connectivity index (χ0n) is 13.4. The van der Waals surface area contributed by atoms with Crippen molar-refractivity contribution in [3.05, 3.63) is 35.7 Å². The molecule has 0 fully saturated rings. The first-order valence-electron chi connectivity index (χ1n) is 7.33. The molecule has 4 heteroatoms. The predicted octanol–water partition coefficient (Wildman–Crippen LogP) is 4.02. The van der Waals surface area contributed by atoms with Gasteiger partial charge in [0.15, 0.2) is 0 Å². The molecule has 0 spiro atoms. The maximum atomic E-state index is 5.31. The molecule has 0 unspecified atom stereocenters. The number of hydrogen-bond donors (Lipinski definition) is 1. The molecule has 2 rings (SSSR count). The number of nitrogens with zero attached hydrogens (tertiary/aromatic N) is 2. The van der Waals surface area contributed by atoms with Gasteiger partial charge in [0, 0.05) is 23.6 Å². The van der Waals surface area contributed by atoms with Crippen molar-refractivity contribution in [3.8, 4) is 17.0 Å². The Hall–Kier alpha value is -2.10. The fraction of sp³-hybridized carbons (Fsp3) is 0.412. The molecule has 0 aliphatic carbocycles. The van der Waals surface area contributed by atoms with Crippen LogP contribution in [0.25, 0.3) is 11.3 Å². The minimum Gasteiger partial charge on any atom is -0.497 e. The molecule has 4 nitrogen and oxygen atoms in total. The Morgan fingerprint density at radius 1 is 1.24 bits per heavy atom. The second-order valence-electron chi connectivity index (χ2n) is 5.32. The van der Waals surface area contributed by atoms with Crippen LogP contribution in [0.1, 0.15) is 38.1 Å². The molecule has 0 atom stereocenters. The van der Waals surface area contributed by atoms with Gasteiger partial charge in [-0.3, -0.25) is 0 Å². The van der Waals surface area contributed by atoms with Crippen LogP contribution in [0.4, 0.5) is 5.82 Å². The van der Waals surface area contributed by atoms with Crippen LogP contribution in [0.15, 0.2) is 24.3 Å². The monoisotopic (exact) mass is 285 g/mol. The van der Waals surface area contributed by atoms with Crippen LogP contribution in [-0.4, -0.2) is 23.6 Å². The molecule has 2 aromatic rings. The van der Waals surface area contributed by atoms with E-state index in [1.165, 1.54) is 0 Å². The number of hydrogen-bond acceptors (Lipinski definition) is 4. The van der Waals surface area contributed by atoms with Crippen molar-refractivity contribution in [2.24, 2.45) is 0 Å². The summed E-state index contributed by atoms with van der Waals surface area (Å²) in [5, 5.41) is 3.33. The van der Waals surface area contributed by atoms with E-state index < -0.39 is 0 Å². The van der Waals surface area contributed by atoms with E-state index in [-0.39, 0.29) is 5.92 Å². The summed E-state index contributed by atoms with van der Waals surface area (Å²) in [4.78, 5) is 9.39. The van der Waals surface area contributed by atoms with E-state index in [0.29, 0.717) is 0 Å². The zero-order valence-corrected chi connectivity index (χ0v) is 13.4. The van der Waals surface area contributed by atoms with Gasteiger partial charge in [0.1, 0.15) is 17.4 Å². The van der Waals surface area contributed by atoms with Crippen molar-refractivity contribution >= 4 is 5.82 Å². The van der Waals surface area contributed by atoms with Gasteiger partial charge in [-0.25, -0.2) is 9.97 Å². The van der Waals surface area contributed by atoms with Gasteiger partial charge in [0.05, 0.1) is 12.8 Å². The molecule has 0 aliphatic heterocycles. The lowest BCUT2D eigenvalue weighted by atomic mass is 10.1. The van der Waals surface area contributed by atoms with E-state index in [1.807, 2.05) is 18.2 Å². The first-order valence-corrected chi connectivity index (χ1v) is 7.33. The molecule has 0 amide bonds. The van der Waals surface area contributed by atoms with Gasteiger partial charge in [-0.2, -0.15) is 0 Å². The summed E-state index contributed by atoms with van der Waals surface area (Å²) < 4.78 is 5.31. The van der Waals surface area contributed by atoms with E-state index in [2.05, 4.69) is 44.1 Å². The smallest absolute Gasteiger partial charge is 0.133 e. The van der Waals surface area contributed by atoms with E-state index in [4.69, 9.17) is 9.72 Å². The third-order valence-corrected chi connectivity index (χ3v) is 3.37. The Labute approximate surface area is 126 Å². The lowest BCUT2D eigenvalue weighted by molar-refractivity contribution is 0.415. The highest BCUT2D eigenvalue weighted by molar-refractivity contribution is 5.69. The fourth-order valence-corrected chi connectivity index (χ4v) is 2.18. The Balaban J connectivity index is 2.59. The molecule has 112 valence electrons. The lowest BCUT2D eigenvalue weighted by Gasteiger charge is -2.15. The van der Waals surface area contributed by atoms with Gasteiger partial charge in [-0.1, -0.05) is 26.0 Å². The summed E-state index contributed by atoms with van der Waals surface area (Å²) in [6.07, 6.45) is 0. The second kappa shape index (κ2) is 6.57. The maximum Gasteiger partial charge on any atom is 0.133 e. The molecule has 1 heterocycles. The Morgan fingerprint density at radius 2 is 2.00 bits per heavy atom. The summed E-state index contributed by atoms with van der Waals surface area (Å²) in [6.45, 7) is 9.18. The van der Waals surface area contributed by atoms with E-state index in [0.717, 1.165) is 40.8 Å². The van der Waals surface area contributed by atoms with Crippen LogP contribution in [0.5, 0.6) is 5.75 Å². The topological polar surface area (TPSA) is 47.0 Å². The first-order chi connectivity index (χ1) is 10.1. The molecule has 0 radical (unpaired) electrons. The van der Waals surface area contributed by atoms with Crippen LogP contribution in [-0.2, 0) is 0 Å². The third kappa shape index (κ3) is 3.32. The number of aromatic nitrogens is 2. The average Bonchev–Trinajstić information content (AvgIpc) is 2.49. The van der Waals surface area contributed by atoms with E-state index in [9.17, 15) is 0 Å². The van der Waals surface area contributed by atoms with Gasteiger partial charge < -0.3 is 10.1 Å². The minimum atomic E-state index is 0.285. The lowest BCUT2D eigenvalue weighted by Crippen LogP contribution is -2.09. The van der Waals surface area contributed by atoms with Crippen LogP contribution >= 0.6 is 0 Å². The van der Waals surface area contributed by atoms with E-state index >= 15 is 0 Å². The highest BCUT2D eigenvalue weighted by Crippen LogP contribution is 2.29. The molecular weight excluding hydrogens is 262 g/mol. The average molecular weight is 285 g/mol. The van der Waals surface area contributed by atoms with Crippen LogP contribution in [0.3, 0.4) is 0 Å². The number of ether oxygens (including phenoxy) is 1.